The van der Waals surface area contributed by atoms with Crippen molar-refractivity contribution in [2.24, 2.45) is 0 Å². The maximum atomic E-state index is 13.3. The van der Waals surface area contributed by atoms with E-state index in [1.54, 1.807) is 42.7 Å². The molecule has 0 saturated heterocycles. The molecule has 1 aliphatic heterocycles. The predicted octanol–water partition coefficient (Wildman–Crippen LogP) is 3.77. The molecule has 5 nitrogen and oxygen atoms in total. The molecule has 0 N–H and O–H groups in total. The molecule has 0 atom stereocenters. The summed E-state index contributed by atoms with van der Waals surface area (Å²) in [5.74, 6) is 0.132. The zero-order valence-corrected chi connectivity index (χ0v) is 14.3. The molecule has 0 fully saturated rings. The number of fused-ring (bicyclic) bond motifs is 2. The van der Waals surface area contributed by atoms with Crippen molar-refractivity contribution in [3.8, 4) is 5.75 Å². The Morgan fingerprint density at radius 1 is 0.852 bits per heavy atom. The number of carbonyl (C=O) groups excluding carboxylic acids is 2. The van der Waals surface area contributed by atoms with Gasteiger partial charge < -0.3 is 9.64 Å². The molecule has 3 aromatic rings. The van der Waals surface area contributed by atoms with Gasteiger partial charge >= 0.3 is 0 Å². The van der Waals surface area contributed by atoms with Crippen molar-refractivity contribution in [1.29, 1.82) is 0 Å². The van der Waals surface area contributed by atoms with E-state index >= 15 is 0 Å². The fraction of sp³-hybridized carbons (Fsp3) is 0.0455. The van der Waals surface area contributed by atoms with Crippen molar-refractivity contribution in [3.05, 3.63) is 101 Å². The van der Waals surface area contributed by atoms with E-state index in [9.17, 15) is 9.59 Å². The van der Waals surface area contributed by atoms with Gasteiger partial charge in [-0.2, -0.15) is 0 Å². The van der Waals surface area contributed by atoms with E-state index < -0.39 is 0 Å². The van der Waals surface area contributed by atoms with Crippen LogP contribution in [-0.4, -0.2) is 16.6 Å². The fourth-order valence-corrected chi connectivity index (χ4v) is 3.51. The number of ether oxygens (including phenoxy) is 1. The van der Waals surface area contributed by atoms with Crippen molar-refractivity contribution in [1.82, 2.24) is 4.98 Å². The molecule has 0 unspecified atom stereocenters. The lowest BCUT2D eigenvalue weighted by Crippen LogP contribution is -2.34. The maximum absolute atomic E-state index is 13.3. The number of carbonyl (C=O) groups is 2. The fourth-order valence-electron chi connectivity index (χ4n) is 3.51. The van der Waals surface area contributed by atoms with Gasteiger partial charge in [0, 0.05) is 22.9 Å². The summed E-state index contributed by atoms with van der Waals surface area (Å²) in [6, 6.07) is 18.0. The Morgan fingerprint density at radius 3 is 2.37 bits per heavy atom. The largest absolute Gasteiger partial charge is 0.450 e. The molecule has 1 aliphatic carbocycles. The van der Waals surface area contributed by atoms with Gasteiger partial charge in [-0.15, -0.1) is 0 Å². The number of nitrogens with zero attached hydrogens (tertiary/aromatic N) is 2. The van der Waals surface area contributed by atoms with Crippen LogP contribution in [0.4, 0.5) is 5.69 Å². The third-order valence-corrected chi connectivity index (χ3v) is 4.79. The van der Waals surface area contributed by atoms with Crippen molar-refractivity contribution in [2.75, 3.05) is 4.90 Å². The predicted molar refractivity (Wildman–Crippen MR) is 99.6 cm³/mol. The van der Waals surface area contributed by atoms with Gasteiger partial charge in [0.15, 0.2) is 0 Å². The number of anilines is 1. The summed E-state index contributed by atoms with van der Waals surface area (Å²) >= 11 is 0. The number of pyridine rings is 1. The molecule has 0 spiro atoms. The van der Waals surface area contributed by atoms with Crippen LogP contribution < -0.4 is 9.64 Å². The standard InChI is InChI=1S/C22H14N2O3/c25-20-16-8-2-3-9-17(16)21(26)22-19(20)24(15-7-5-11-23-12-15)13-14-6-1-4-10-18(14)27-22/h1-12H,13H2. The third kappa shape index (κ3) is 2.36. The van der Waals surface area contributed by atoms with Crippen LogP contribution in [0.3, 0.4) is 0 Å². The minimum absolute atomic E-state index is 0.0625. The van der Waals surface area contributed by atoms with Crippen LogP contribution in [0.1, 0.15) is 26.3 Å². The third-order valence-electron chi connectivity index (χ3n) is 4.79. The number of Topliss-reactive ketones (excluding diaryl/α,β-unsaturated/α-hetero) is 2. The van der Waals surface area contributed by atoms with Crippen LogP contribution in [-0.2, 0) is 6.54 Å². The summed E-state index contributed by atoms with van der Waals surface area (Å²) < 4.78 is 6.00. The van der Waals surface area contributed by atoms with E-state index in [4.69, 9.17) is 4.74 Å². The second-order valence-corrected chi connectivity index (χ2v) is 6.39. The highest BCUT2D eigenvalue weighted by atomic mass is 16.5. The molecule has 0 radical (unpaired) electrons. The minimum Gasteiger partial charge on any atom is -0.450 e. The molecule has 0 bridgehead atoms. The molecule has 1 aromatic heterocycles. The minimum atomic E-state index is -0.286. The quantitative estimate of drug-likeness (QED) is 0.666. The van der Waals surface area contributed by atoms with Crippen molar-refractivity contribution < 1.29 is 14.3 Å². The summed E-state index contributed by atoms with van der Waals surface area (Å²) in [5.41, 5.74) is 2.63. The van der Waals surface area contributed by atoms with Gasteiger partial charge in [0.05, 0.1) is 18.4 Å². The van der Waals surface area contributed by atoms with E-state index in [2.05, 4.69) is 4.98 Å². The zero-order chi connectivity index (χ0) is 18.4. The van der Waals surface area contributed by atoms with Gasteiger partial charge in [0.25, 0.3) is 0 Å². The van der Waals surface area contributed by atoms with Crippen LogP contribution in [0.25, 0.3) is 0 Å². The van der Waals surface area contributed by atoms with Crippen LogP contribution in [0.2, 0.25) is 0 Å². The van der Waals surface area contributed by atoms with E-state index in [-0.39, 0.29) is 23.0 Å². The summed E-state index contributed by atoms with van der Waals surface area (Å²) in [6.45, 7) is 0.405. The van der Waals surface area contributed by atoms with Crippen LogP contribution in [0, 0.1) is 0 Å². The first kappa shape index (κ1) is 15.5. The monoisotopic (exact) mass is 354 g/mol. The lowest BCUT2D eigenvalue weighted by atomic mass is 9.90. The van der Waals surface area contributed by atoms with Gasteiger partial charge in [-0.3, -0.25) is 14.6 Å². The van der Waals surface area contributed by atoms with Crippen molar-refractivity contribution in [3.63, 3.8) is 0 Å². The molecule has 2 aliphatic rings. The Balaban J connectivity index is 1.77. The molecule has 2 aromatic carbocycles. The highest BCUT2D eigenvalue weighted by molar-refractivity contribution is 6.27. The maximum Gasteiger partial charge on any atom is 0.231 e. The molecule has 5 heteroatoms. The van der Waals surface area contributed by atoms with E-state index in [0.717, 1.165) is 11.3 Å². The van der Waals surface area contributed by atoms with Gasteiger partial charge in [-0.05, 0) is 18.2 Å². The van der Waals surface area contributed by atoms with Gasteiger partial charge in [-0.25, -0.2) is 0 Å². The number of rotatable bonds is 1. The second kappa shape index (κ2) is 5.92. The summed E-state index contributed by atoms with van der Waals surface area (Å²) in [7, 11) is 0. The van der Waals surface area contributed by atoms with Gasteiger partial charge in [0.2, 0.25) is 17.3 Å². The molecule has 27 heavy (non-hydrogen) atoms. The van der Waals surface area contributed by atoms with Gasteiger partial charge in [0.1, 0.15) is 11.4 Å². The Kier molecular flexibility index (Phi) is 3.40. The summed E-state index contributed by atoms with van der Waals surface area (Å²) in [6.07, 6.45) is 3.35. The van der Waals surface area contributed by atoms with Crippen LogP contribution in [0.5, 0.6) is 5.75 Å². The van der Waals surface area contributed by atoms with E-state index in [0.29, 0.717) is 23.4 Å². The number of para-hydroxylation sites is 1. The van der Waals surface area contributed by atoms with Crippen molar-refractivity contribution >= 4 is 17.3 Å². The lowest BCUT2D eigenvalue weighted by Gasteiger charge is -2.28. The van der Waals surface area contributed by atoms with Crippen molar-refractivity contribution in [2.45, 2.75) is 6.54 Å². The number of allylic oxidation sites excluding steroid dienone is 2. The second-order valence-electron chi connectivity index (χ2n) is 6.39. The van der Waals surface area contributed by atoms with Crippen LogP contribution >= 0.6 is 0 Å². The first-order valence-electron chi connectivity index (χ1n) is 8.60. The summed E-state index contributed by atoms with van der Waals surface area (Å²) in [4.78, 5) is 32.5. The molecular formula is C22H14N2O3. The number of aromatic nitrogens is 1. The number of benzene rings is 2. The Hall–Kier alpha value is -3.73. The molecule has 0 amide bonds. The topological polar surface area (TPSA) is 59.5 Å². The average Bonchev–Trinajstić information content (AvgIpc) is 2.90. The molecule has 5 rings (SSSR count). The van der Waals surface area contributed by atoms with E-state index in [1.165, 1.54) is 0 Å². The highest BCUT2D eigenvalue weighted by Crippen LogP contribution is 2.37. The lowest BCUT2D eigenvalue weighted by molar-refractivity contribution is 0.0936. The number of ketones is 2. The average molecular weight is 354 g/mol. The SMILES string of the molecule is O=C1C2=C(C(=O)c3ccccc31)N(c1cccnc1)Cc1ccccc1O2. The first-order chi connectivity index (χ1) is 13.2. The molecule has 130 valence electrons. The molecule has 0 saturated carbocycles. The first-order valence-corrected chi connectivity index (χ1v) is 8.60. The van der Waals surface area contributed by atoms with Gasteiger partial charge in [-0.1, -0.05) is 42.5 Å². The summed E-state index contributed by atoms with van der Waals surface area (Å²) in [5, 5.41) is 0. The molecular weight excluding hydrogens is 340 g/mol. The van der Waals surface area contributed by atoms with E-state index in [1.807, 2.05) is 35.2 Å². The Morgan fingerprint density at radius 2 is 1.59 bits per heavy atom. The number of hydrogen-bond donors (Lipinski definition) is 0. The Labute approximate surface area is 155 Å². The van der Waals surface area contributed by atoms with Crippen LogP contribution in [0.15, 0.2) is 84.5 Å². The molecule has 2 heterocycles. The zero-order valence-electron chi connectivity index (χ0n) is 14.3. The smallest absolute Gasteiger partial charge is 0.231 e. The normalized spacial score (nSPS) is 15.5. The Bertz CT molecular complexity index is 1120. The highest BCUT2D eigenvalue weighted by Gasteiger charge is 2.39. The number of hydrogen-bond acceptors (Lipinski definition) is 5.